The number of nitrogens with zero attached hydrogens (tertiary/aromatic N) is 3. The molecule has 0 N–H and O–H groups in total. The van der Waals surface area contributed by atoms with Crippen molar-refractivity contribution in [3.05, 3.63) is 84.2 Å². The minimum absolute atomic E-state index is 0.0181. The molecular weight excluding hydrogens is 390 g/mol. The van der Waals surface area contributed by atoms with E-state index in [0.717, 1.165) is 42.7 Å². The Morgan fingerprint density at radius 3 is 2.81 bits per heavy atom. The van der Waals surface area contributed by atoms with E-state index in [1.807, 2.05) is 76.4 Å². The molecule has 5 rings (SSSR count). The summed E-state index contributed by atoms with van der Waals surface area (Å²) in [4.78, 5) is 15.4. The van der Waals surface area contributed by atoms with Gasteiger partial charge in [-0.25, -0.2) is 0 Å². The third-order valence-corrected chi connectivity index (χ3v) is 6.19. The maximum atomic E-state index is 13.5. The zero-order valence-corrected chi connectivity index (χ0v) is 17.5. The molecular formula is C25H27N3O3. The van der Waals surface area contributed by atoms with Crippen LogP contribution < -0.4 is 4.74 Å². The Labute approximate surface area is 182 Å². The van der Waals surface area contributed by atoms with Crippen LogP contribution in [0.2, 0.25) is 0 Å². The van der Waals surface area contributed by atoms with Gasteiger partial charge in [0.1, 0.15) is 11.9 Å². The van der Waals surface area contributed by atoms with E-state index in [-0.39, 0.29) is 17.6 Å². The van der Waals surface area contributed by atoms with Crippen LogP contribution in [0.5, 0.6) is 5.75 Å². The minimum Gasteiger partial charge on any atom is -0.488 e. The number of benzene rings is 2. The summed E-state index contributed by atoms with van der Waals surface area (Å²) in [5.74, 6) is 0.933. The second-order valence-electron chi connectivity index (χ2n) is 8.44. The maximum Gasteiger partial charge on any atom is 0.254 e. The Morgan fingerprint density at radius 1 is 1.13 bits per heavy atom. The lowest BCUT2D eigenvalue weighted by Crippen LogP contribution is -2.50. The van der Waals surface area contributed by atoms with Crippen molar-refractivity contribution in [3.63, 3.8) is 0 Å². The van der Waals surface area contributed by atoms with E-state index >= 15 is 0 Å². The van der Waals surface area contributed by atoms with E-state index in [1.165, 1.54) is 0 Å². The number of rotatable bonds is 5. The fourth-order valence-corrected chi connectivity index (χ4v) is 4.73. The molecule has 1 spiro atoms. The van der Waals surface area contributed by atoms with Gasteiger partial charge >= 0.3 is 0 Å². The lowest BCUT2D eigenvalue weighted by molar-refractivity contribution is -0.0453. The number of aromatic nitrogens is 2. The molecule has 2 fully saturated rings. The van der Waals surface area contributed by atoms with Crippen LogP contribution in [0.3, 0.4) is 0 Å². The first kappa shape index (κ1) is 19.8. The molecule has 6 nitrogen and oxygen atoms in total. The molecule has 0 radical (unpaired) electrons. The number of hydrogen-bond acceptors (Lipinski definition) is 4. The molecule has 2 saturated heterocycles. The molecule has 2 aromatic carbocycles. The summed E-state index contributed by atoms with van der Waals surface area (Å²) < 4.78 is 14.2. The Hall–Kier alpha value is -3.12. The van der Waals surface area contributed by atoms with Crippen molar-refractivity contribution >= 4 is 5.91 Å². The van der Waals surface area contributed by atoms with Gasteiger partial charge in [0.05, 0.1) is 25.3 Å². The average Bonchev–Trinajstić information content (AvgIpc) is 3.45. The largest absolute Gasteiger partial charge is 0.488 e. The SMILES string of the molecule is O=C(c1ccccc1Cn1cccn1)N1CCC[C@]2(C[C@@H](Oc3ccccc3)CO2)C1. The molecule has 0 bridgehead atoms. The van der Waals surface area contributed by atoms with Gasteiger partial charge in [0, 0.05) is 30.9 Å². The Balaban J connectivity index is 1.28. The van der Waals surface area contributed by atoms with Crippen molar-refractivity contribution in [3.8, 4) is 5.75 Å². The Kier molecular flexibility index (Phi) is 5.47. The quantitative estimate of drug-likeness (QED) is 0.634. The van der Waals surface area contributed by atoms with E-state index in [4.69, 9.17) is 9.47 Å². The van der Waals surface area contributed by atoms with Crippen LogP contribution >= 0.6 is 0 Å². The van der Waals surface area contributed by atoms with Gasteiger partial charge in [-0.05, 0) is 42.7 Å². The zero-order valence-electron chi connectivity index (χ0n) is 17.5. The number of carbonyl (C=O) groups excluding carboxylic acids is 1. The summed E-state index contributed by atoms with van der Waals surface area (Å²) >= 11 is 0. The molecule has 6 heteroatoms. The van der Waals surface area contributed by atoms with Crippen molar-refractivity contribution in [1.29, 1.82) is 0 Å². The van der Waals surface area contributed by atoms with Crippen LogP contribution in [0, 0.1) is 0 Å². The van der Waals surface area contributed by atoms with Crippen molar-refractivity contribution in [2.75, 3.05) is 19.7 Å². The summed E-state index contributed by atoms with van der Waals surface area (Å²) in [7, 11) is 0. The van der Waals surface area contributed by atoms with E-state index < -0.39 is 0 Å². The summed E-state index contributed by atoms with van der Waals surface area (Å²) in [6.45, 7) is 2.51. The highest BCUT2D eigenvalue weighted by Crippen LogP contribution is 2.36. The molecule has 160 valence electrons. The smallest absolute Gasteiger partial charge is 0.254 e. The van der Waals surface area contributed by atoms with Gasteiger partial charge in [-0.1, -0.05) is 36.4 Å². The van der Waals surface area contributed by atoms with Crippen LogP contribution in [-0.2, 0) is 11.3 Å². The van der Waals surface area contributed by atoms with Crippen molar-refractivity contribution in [1.82, 2.24) is 14.7 Å². The number of hydrogen-bond donors (Lipinski definition) is 0. The predicted octanol–water partition coefficient (Wildman–Crippen LogP) is 3.77. The Morgan fingerprint density at radius 2 is 1.97 bits per heavy atom. The molecule has 2 aliphatic heterocycles. The summed E-state index contributed by atoms with van der Waals surface area (Å²) in [5.41, 5.74) is 1.41. The van der Waals surface area contributed by atoms with Crippen LogP contribution in [-0.4, -0.2) is 52.0 Å². The topological polar surface area (TPSA) is 56.6 Å². The molecule has 0 unspecified atom stereocenters. The summed E-state index contributed by atoms with van der Waals surface area (Å²) in [6, 6.07) is 19.6. The van der Waals surface area contributed by atoms with Crippen molar-refractivity contribution < 1.29 is 14.3 Å². The second-order valence-corrected chi connectivity index (χ2v) is 8.44. The van der Waals surface area contributed by atoms with Crippen LogP contribution in [0.1, 0.15) is 35.2 Å². The standard InChI is InChI=1S/C25H27N3O3/c29-24(23-11-5-4-8-20(23)17-28-15-7-13-26-28)27-14-6-12-25(19-27)16-22(18-30-25)31-21-9-2-1-3-10-21/h1-5,7-11,13,15,22H,6,12,14,16-19H2/t22-,25+/m1/s1. The fraction of sp³-hybridized carbons (Fsp3) is 0.360. The molecule has 31 heavy (non-hydrogen) atoms. The van der Waals surface area contributed by atoms with Crippen molar-refractivity contribution in [2.45, 2.75) is 37.5 Å². The molecule has 0 aliphatic carbocycles. The summed E-state index contributed by atoms with van der Waals surface area (Å²) in [5, 5.41) is 4.28. The molecule has 1 amide bonds. The molecule has 3 aromatic rings. The Bertz CT molecular complexity index is 1020. The van der Waals surface area contributed by atoms with E-state index in [2.05, 4.69) is 5.10 Å². The van der Waals surface area contributed by atoms with Gasteiger partial charge in [-0.3, -0.25) is 9.48 Å². The first-order chi connectivity index (χ1) is 15.2. The monoisotopic (exact) mass is 417 g/mol. The highest BCUT2D eigenvalue weighted by Gasteiger charge is 2.45. The zero-order chi connectivity index (χ0) is 21.1. The highest BCUT2D eigenvalue weighted by atomic mass is 16.6. The minimum atomic E-state index is -0.315. The number of carbonyl (C=O) groups is 1. The number of para-hydroxylation sites is 1. The van der Waals surface area contributed by atoms with Gasteiger partial charge < -0.3 is 14.4 Å². The van der Waals surface area contributed by atoms with Crippen LogP contribution in [0.4, 0.5) is 0 Å². The average molecular weight is 418 g/mol. The molecule has 2 aliphatic rings. The lowest BCUT2D eigenvalue weighted by atomic mass is 9.88. The van der Waals surface area contributed by atoms with Crippen LogP contribution in [0.15, 0.2) is 73.1 Å². The van der Waals surface area contributed by atoms with E-state index in [1.54, 1.807) is 6.20 Å². The second kappa shape index (κ2) is 8.55. The third kappa shape index (κ3) is 4.35. The van der Waals surface area contributed by atoms with Gasteiger partial charge in [0.2, 0.25) is 0 Å². The lowest BCUT2D eigenvalue weighted by Gasteiger charge is -2.39. The van der Waals surface area contributed by atoms with Gasteiger partial charge in [0.15, 0.2) is 0 Å². The molecule has 0 saturated carbocycles. The van der Waals surface area contributed by atoms with Gasteiger partial charge in [-0.2, -0.15) is 5.10 Å². The molecule has 3 heterocycles. The highest BCUT2D eigenvalue weighted by molar-refractivity contribution is 5.95. The molecule has 1 aromatic heterocycles. The third-order valence-electron chi connectivity index (χ3n) is 6.19. The first-order valence-electron chi connectivity index (χ1n) is 10.9. The molecule has 2 atom stereocenters. The summed E-state index contributed by atoms with van der Waals surface area (Å²) in [6.07, 6.45) is 6.39. The first-order valence-corrected chi connectivity index (χ1v) is 10.9. The number of piperidine rings is 1. The maximum absolute atomic E-state index is 13.5. The number of ether oxygens (including phenoxy) is 2. The number of amides is 1. The van der Waals surface area contributed by atoms with Gasteiger partial charge in [-0.15, -0.1) is 0 Å². The normalized spacial score (nSPS) is 23.2. The fourth-order valence-electron chi connectivity index (χ4n) is 4.73. The number of likely N-dealkylation sites (tertiary alicyclic amines) is 1. The van der Waals surface area contributed by atoms with Gasteiger partial charge in [0.25, 0.3) is 5.91 Å². The van der Waals surface area contributed by atoms with E-state index in [9.17, 15) is 4.79 Å². The van der Waals surface area contributed by atoms with E-state index in [0.29, 0.717) is 19.7 Å². The predicted molar refractivity (Wildman–Crippen MR) is 117 cm³/mol. The van der Waals surface area contributed by atoms with Crippen molar-refractivity contribution in [2.24, 2.45) is 0 Å². The van der Waals surface area contributed by atoms with Crippen LogP contribution in [0.25, 0.3) is 0 Å².